The Labute approximate surface area is 145 Å². The number of nitrogens with one attached hydrogen (secondary N) is 1. The molecule has 0 atom stereocenters. The van der Waals surface area contributed by atoms with Crippen molar-refractivity contribution in [2.75, 3.05) is 5.32 Å². The van der Waals surface area contributed by atoms with Crippen molar-refractivity contribution >= 4 is 43.9 Å². The molecule has 0 unspecified atom stereocenters. The molecule has 1 N–H and O–H groups in total. The molecule has 3 aromatic rings. The van der Waals surface area contributed by atoms with E-state index in [1.54, 1.807) is 6.92 Å². The lowest BCUT2D eigenvalue weighted by Gasteiger charge is -1.99. The lowest BCUT2D eigenvalue weighted by molar-refractivity contribution is 0.103. The Bertz CT molecular complexity index is 879. The molecular weight excluding hydrogens is 352 g/mol. The maximum atomic E-state index is 13.3. The summed E-state index contributed by atoms with van der Waals surface area (Å²) in [6, 6.07) is 2.10. The van der Waals surface area contributed by atoms with Gasteiger partial charge in [0.1, 0.15) is 4.88 Å². The minimum Gasteiger partial charge on any atom is -0.297 e. The molecule has 1 amide bonds. The van der Waals surface area contributed by atoms with Gasteiger partial charge in [-0.2, -0.15) is 0 Å². The van der Waals surface area contributed by atoms with Gasteiger partial charge in [0.15, 0.2) is 16.8 Å². The summed E-state index contributed by atoms with van der Waals surface area (Å²) < 4.78 is 27.0. The van der Waals surface area contributed by atoms with E-state index < -0.39 is 11.6 Å². The average molecular weight is 367 g/mol. The first kappa shape index (κ1) is 16.9. The van der Waals surface area contributed by atoms with Gasteiger partial charge in [-0.05, 0) is 18.9 Å². The lowest BCUT2D eigenvalue weighted by atomic mass is 10.1. The summed E-state index contributed by atoms with van der Waals surface area (Å²) in [7, 11) is 0. The third-order valence-electron chi connectivity index (χ3n) is 3.28. The molecule has 3 rings (SSSR count). The van der Waals surface area contributed by atoms with Gasteiger partial charge in [-0.25, -0.2) is 18.7 Å². The molecule has 0 aliphatic rings. The number of aryl methyl sites for hydroxylation is 1. The smallest absolute Gasteiger partial charge is 0.269 e. The number of thiazole rings is 2. The fraction of sp³-hybridized carbons (Fsp3) is 0.312. The van der Waals surface area contributed by atoms with Crippen LogP contribution >= 0.6 is 22.7 Å². The van der Waals surface area contributed by atoms with Crippen LogP contribution in [0.4, 0.5) is 13.9 Å². The number of nitrogens with zero attached hydrogens (tertiary/aromatic N) is 2. The second-order valence-corrected chi connectivity index (χ2v) is 7.94. The van der Waals surface area contributed by atoms with Gasteiger partial charge in [0.05, 0.1) is 20.9 Å². The molecule has 1 aromatic carbocycles. The highest BCUT2D eigenvalue weighted by Crippen LogP contribution is 2.29. The maximum Gasteiger partial charge on any atom is 0.269 e. The number of benzene rings is 1. The zero-order valence-corrected chi connectivity index (χ0v) is 14.9. The van der Waals surface area contributed by atoms with E-state index >= 15 is 0 Å². The molecule has 0 saturated carbocycles. The van der Waals surface area contributed by atoms with Gasteiger partial charge in [0.25, 0.3) is 5.91 Å². The molecule has 126 valence electrons. The minimum absolute atomic E-state index is 0.304. The third kappa shape index (κ3) is 3.44. The van der Waals surface area contributed by atoms with E-state index in [4.69, 9.17) is 0 Å². The molecule has 4 nitrogen and oxygen atoms in total. The highest BCUT2D eigenvalue weighted by molar-refractivity contribution is 7.22. The van der Waals surface area contributed by atoms with E-state index in [0.717, 1.165) is 34.9 Å². The van der Waals surface area contributed by atoms with Gasteiger partial charge in [-0.1, -0.05) is 25.2 Å². The zero-order chi connectivity index (χ0) is 17.4. The monoisotopic (exact) mass is 367 g/mol. The summed E-state index contributed by atoms with van der Waals surface area (Å²) >= 11 is 2.46. The van der Waals surface area contributed by atoms with Crippen LogP contribution in [0, 0.1) is 24.5 Å². The van der Waals surface area contributed by atoms with Gasteiger partial charge in [-0.3, -0.25) is 10.1 Å². The molecule has 2 heterocycles. The minimum atomic E-state index is -0.956. The Morgan fingerprint density at radius 2 is 1.92 bits per heavy atom. The van der Waals surface area contributed by atoms with Gasteiger partial charge in [-0.15, -0.1) is 11.3 Å². The molecule has 8 heteroatoms. The van der Waals surface area contributed by atoms with E-state index in [9.17, 15) is 13.6 Å². The number of hydrogen-bond donors (Lipinski definition) is 1. The van der Waals surface area contributed by atoms with E-state index in [1.807, 2.05) is 0 Å². The average Bonchev–Trinajstić information content (AvgIpc) is 3.01. The predicted molar refractivity (Wildman–Crippen MR) is 92.9 cm³/mol. The molecule has 0 aliphatic carbocycles. The normalized spacial score (nSPS) is 11.4. The van der Waals surface area contributed by atoms with Crippen molar-refractivity contribution in [3.8, 4) is 0 Å². The standard InChI is InChI=1S/C16H15F2N3OS2/c1-7(2)4-13-19-8(3)14(24-13)15(22)21-16-20-11-5-9(17)10(18)6-12(11)23-16/h5-7H,4H2,1-3H3,(H,20,21,22). The number of halogens is 2. The Hall–Kier alpha value is -1.93. The SMILES string of the molecule is Cc1nc(CC(C)C)sc1C(=O)Nc1nc2cc(F)c(F)cc2s1. The molecule has 0 saturated heterocycles. The number of anilines is 1. The van der Waals surface area contributed by atoms with Crippen molar-refractivity contribution in [3.63, 3.8) is 0 Å². The van der Waals surface area contributed by atoms with Crippen molar-refractivity contribution in [2.24, 2.45) is 5.92 Å². The Morgan fingerprint density at radius 1 is 1.21 bits per heavy atom. The number of hydrogen-bond acceptors (Lipinski definition) is 5. The van der Waals surface area contributed by atoms with E-state index in [-0.39, 0.29) is 5.91 Å². The van der Waals surface area contributed by atoms with E-state index in [2.05, 4.69) is 29.1 Å². The number of rotatable bonds is 4. The van der Waals surface area contributed by atoms with Gasteiger partial charge in [0, 0.05) is 12.5 Å². The lowest BCUT2D eigenvalue weighted by Crippen LogP contribution is -2.11. The second-order valence-electron chi connectivity index (χ2n) is 5.83. The summed E-state index contributed by atoms with van der Waals surface area (Å²) in [6.45, 7) is 5.98. The fourth-order valence-electron chi connectivity index (χ4n) is 2.23. The van der Waals surface area contributed by atoms with Crippen LogP contribution in [0.5, 0.6) is 0 Å². The first-order valence-corrected chi connectivity index (χ1v) is 9.00. The van der Waals surface area contributed by atoms with E-state index in [0.29, 0.717) is 31.8 Å². The number of amides is 1. The largest absolute Gasteiger partial charge is 0.297 e. The van der Waals surface area contributed by atoms with Crippen molar-refractivity contribution in [3.05, 3.63) is 39.3 Å². The maximum absolute atomic E-state index is 13.3. The van der Waals surface area contributed by atoms with Crippen LogP contribution in [0.3, 0.4) is 0 Å². The van der Waals surface area contributed by atoms with Gasteiger partial charge >= 0.3 is 0 Å². The fourth-order valence-corrected chi connectivity index (χ4v) is 4.27. The molecule has 2 aromatic heterocycles. The summed E-state index contributed by atoms with van der Waals surface area (Å²) in [5, 5.41) is 3.91. The number of carbonyl (C=O) groups excluding carboxylic acids is 1. The van der Waals surface area contributed by atoms with Crippen LogP contribution in [-0.4, -0.2) is 15.9 Å². The van der Waals surface area contributed by atoms with Crippen LogP contribution < -0.4 is 5.32 Å². The Morgan fingerprint density at radius 3 is 2.62 bits per heavy atom. The summed E-state index contributed by atoms with van der Waals surface area (Å²) in [5.41, 5.74) is 0.988. The van der Waals surface area contributed by atoms with Crippen LogP contribution in [0.25, 0.3) is 10.2 Å². The highest BCUT2D eigenvalue weighted by Gasteiger charge is 2.18. The van der Waals surface area contributed by atoms with Crippen molar-refractivity contribution in [1.82, 2.24) is 9.97 Å². The molecule has 0 spiro atoms. The van der Waals surface area contributed by atoms with Crippen LogP contribution in [-0.2, 0) is 6.42 Å². The van der Waals surface area contributed by atoms with Crippen molar-refractivity contribution < 1.29 is 13.6 Å². The Balaban J connectivity index is 1.83. The highest BCUT2D eigenvalue weighted by atomic mass is 32.1. The zero-order valence-electron chi connectivity index (χ0n) is 13.3. The van der Waals surface area contributed by atoms with Crippen molar-refractivity contribution in [2.45, 2.75) is 27.2 Å². The number of fused-ring (bicyclic) bond motifs is 1. The predicted octanol–water partition coefficient (Wildman–Crippen LogP) is 4.79. The summed E-state index contributed by atoms with van der Waals surface area (Å²) in [4.78, 5) is 21.5. The molecular formula is C16H15F2N3OS2. The molecule has 0 radical (unpaired) electrons. The van der Waals surface area contributed by atoms with Crippen LogP contribution in [0.15, 0.2) is 12.1 Å². The van der Waals surface area contributed by atoms with Crippen LogP contribution in [0.1, 0.15) is 34.2 Å². The summed E-state index contributed by atoms with van der Waals surface area (Å²) in [5.74, 6) is -1.73. The first-order chi connectivity index (χ1) is 11.3. The number of aromatic nitrogens is 2. The first-order valence-electron chi connectivity index (χ1n) is 7.36. The molecule has 0 fully saturated rings. The van der Waals surface area contributed by atoms with Crippen LogP contribution in [0.2, 0.25) is 0 Å². The second kappa shape index (κ2) is 6.52. The Kier molecular flexibility index (Phi) is 4.60. The van der Waals surface area contributed by atoms with E-state index in [1.165, 1.54) is 11.3 Å². The topological polar surface area (TPSA) is 54.9 Å². The molecule has 24 heavy (non-hydrogen) atoms. The summed E-state index contributed by atoms with van der Waals surface area (Å²) in [6.07, 6.45) is 0.818. The third-order valence-corrected chi connectivity index (χ3v) is 5.39. The van der Waals surface area contributed by atoms with Gasteiger partial charge < -0.3 is 0 Å². The molecule has 0 aliphatic heterocycles. The number of carbonyl (C=O) groups is 1. The molecule has 0 bridgehead atoms. The quantitative estimate of drug-likeness (QED) is 0.721. The van der Waals surface area contributed by atoms with Crippen molar-refractivity contribution in [1.29, 1.82) is 0 Å². The van der Waals surface area contributed by atoms with Gasteiger partial charge in [0.2, 0.25) is 0 Å².